The van der Waals surface area contributed by atoms with Gasteiger partial charge in [0.05, 0.1) is 10.6 Å². The summed E-state index contributed by atoms with van der Waals surface area (Å²) in [5, 5.41) is 13.5. The SMILES string of the molecule is Cc1cc(F)ccc1S(=O)(=O)N(C)C1CCN(c2nnc(-c3ccnn3C)c3c2CCC3)CC1. The normalized spacial score (nSPS) is 16.9. The molecule has 1 saturated heterocycles. The molecule has 0 radical (unpaired) electrons. The van der Waals surface area contributed by atoms with Gasteiger partial charge < -0.3 is 4.90 Å². The quantitative estimate of drug-likeness (QED) is 0.553. The molecule has 3 aromatic rings. The number of piperidine rings is 1. The first-order chi connectivity index (χ1) is 16.3. The van der Waals surface area contributed by atoms with E-state index in [-0.39, 0.29) is 10.9 Å². The van der Waals surface area contributed by atoms with E-state index < -0.39 is 15.8 Å². The zero-order valence-corrected chi connectivity index (χ0v) is 20.5. The molecule has 8 nitrogen and oxygen atoms in total. The van der Waals surface area contributed by atoms with Gasteiger partial charge in [-0.2, -0.15) is 9.40 Å². The van der Waals surface area contributed by atoms with Crippen molar-refractivity contribution in [2.75, 3.05) is 25.0 Å². The monoisotopic (exact) mass is 484 g/mol. The largest absolute Gasteiger partial charge is 0.355 e. The smallest absolute Gasteiger partial charge is 0.243 e. The minimum absolute atomic E-state index is 0.125. The molecule has 0 N–H and O–H groups in total. The highest BCUT2D eigenvalue weighted by molar-refractivity contribution is 7.89. The molecule has 0 spiro atoms. The minimum atomic E-state index is -3.70. The van der Waals surface area contributed by atoms with Crippen LogP contribution in [-0.4, -0.2) is 58.9 Å². The molecule has 0 unspecified atom stereocenters. The summed E-state index contributed by atoms with van der Waals surface area (Å²) >= 11 is 0. The van der Waals surface area contributed by atoms with E-state index in [0.29, 0.717) is 31.5 Å². The zero-order valence-electron chi connectivity index (χ0n) is 19.7. The van der Waals surface area contributed by atoms with Gasteiger partial charge in [-0.1, -0.05) is 0 Å². The van der Waals surface area contributed by atoms with Crippen LogP contribution >= 0.6 is 0 Å². The van der Waals surface area contributed by atoms with Crippen LogP contribution < -0.4 is 4.90 Å². The van der Waals surface area contributed by atoms with Crippen molar-refractivity contribution >= 4 is 15.8 Å². The zero-order chi connectivity index (χ0) is 24.0. The molecule has 3 heterocycles. The Morgan fingerprint density at radius 3 is 2.50 bits per heavy atom. The summed E-state index contributed by atoms with van der Waals surface area (Å²) in [5.41, 5.74) is 4.81. The van der Waals surface area contributed by atoms with Crippen LogP contribution in [0.25, 0.3) is 11.4 Å². The van der Waals surface area contributed by atoms with Gasteiger partial charge in [-0.3, -0.25) is 4.68 Å². The topological polar surface area (TPSA) is 84.2 Å². The van der Waals surface area contributed by atoms with Crippen LogP contribution in [0.2, 0.25) is 0 Å². The van der Waals surface area contributed by atoms with E-state index in [1.54, 1.807) is 20.2 Å². The summed E-state index contributed by atoms with van der Waals surface area (Å²) in [6.45, 7) is 3.04. The van der Waals surface area contributed by atoms with Gasteiger partial charge in [0, 0.05) is 45.0 Å². The summed E-state index contributed by atoms with van der Waals surface area (Å²) < 4.78 is 43.2. The first-order valence-electron chi connectivity index (χ1n) is 11.6. The molecule has 1 aliphatic carbocycles. The molecular weight excluding hydrogens is 455 g/mol. The van der Waals surface area contributed by atoms with Crippen LogP contribution in [0.5, 0.6) is 0 Å². The van der Waals surface area contributed by atoms with Crippen molar-refractivity contribution in [1.29, 1.82) is 0 Å². The maximum Gasteiger partial charge on any atom is 0.243 e. The lowest BCUT2D eigenvalue weighted by molar-refractivity contribution is 0.311. The fourth-order valence-electron chi connectivity index (χ4n) is 5.23. The van der Waals surface area contributed by atoms with Gasteiger partial charge in [0.15, 0.2) is 5.82 Å². The van der Waals surface area contributed by atoms with E-state index in [0.717, 1.165) is 36.5 Å². The Bertz CT molecular complexity index is 1330. The maximum atomic E-state index is 13.5. The van der Waals surface area contributed by atoms with Crippen molar-refractivity contribution in [3.8, 4) is 11.4 Å². The number of benzene rings is 1. The van der Waals surface area contributed by atoms with E-state index >= 15 is 0 Å². The summed E-state index contributed by atoms with van der Waals surface area (Å²) in [5.74, 6) is 0.493. The molecule has 0 saturated carbocycles. The molecule has 1 fully saturated rings. The molecule has 0 amide bonds. The average Bonchev–Trinajstić information content (AvgIpc) is 3.47. The number of fused-ring (bicyclic) bond motifs is 1. The van der Waals surface area contributed by atoms with E-state index in [9.17, 15) is 12.8 Å². The lowest BCUT2D eigenvalue weighted by Crippen LogP contribution is -2.46. The predicted octanol–water partition coefficient (Wildman–Crippen LogP) is 3.10. The number of anilines is 1. The Morgan fingerprint density at radius 2 is 1.82 bits per heavy atom. The van der Waals surface area contributed by atoms with E-state index in [1.807, 2.05) is 17.8 Å². The molecule has 1 aromatic carbocycles. The first kappa shape index (κ1) is 22.9. The summed E-state index contributed by atoms with van der Waals surface area (Å²) in [6, 6.07) is 5.66. The third-order valence-corrected chi connectivity index (χ3v) is 9.22. The molecule has 34 heavy (non-hydrogen) atoms. The number of aryl methyl sites for hydroxylation is 2. The van der Waals surface area contributed by atoms with Crippen LogP contribution in [0.3, 0.4) is 0 Å². The van der Waals surface area contributed by atoms with E-state index in [4.69, 9.17) is 0 Å². The third-order valence-electron chi connectivity index (χ3n) is 7.15. The molecule has 1 aliphatic heterocycles. The Balaban J connectivity index is 1.34. The van der Waals surface area contributed by atoms with E-state index in [1.165, 1.54) is 33.6 Å². The lowest BCUT2D eigenvalue weighted by Gasteiger charge is -2.37. The van der Waals surface area contributed by atoms with Crippen LogP contribution in [0.15, 0.2) is 35.4 Å². The number of hydrogen-bond acceptors (Lipinski definition) is 6. The van der Waals surface area contributed by atoms with Gasteiger partial charge in [0.2, 0.25) is 10.0 Å². The fourth-order valence-corrected chi connectivity index (χ4v) is 6.85. The lowest BCUT2D eigenvalue weighted by atomic mass is 10.0. The molecular formula is C24H29FN6O2S. The van der Waals surface area contributed by atoms with Gasteiger partial charge in [-0.25, -0.2) is 12.8 Å². The van der Waals surface area contributed by atoms with Crippen LogP contribution in [-0.2, 0) is 29.9 Å². The molecule has 2 aromatic heterocycles. The highest BCUT2D eigenvalue weighted by atomic mass is 32.2. The third kappa shape index (κ3) is 3.88. The second kappa shape index (κ2) is 8.74. The number of hydrogen-bond donors (Lipinski definition) is 0. The van der Waals surface area contributed by atoms with Crippen molar-refractivity contribution in [1.82, 2.24) is 24.3 Å². The van der Waals surface area contributed by atoms with Crippen molar-refractivity contribution in [2.24, 2.45) is 7.05 Å². The fraction of sp³-hybridized carbons (Fsp3) is 0.458. The predicted molar refractivity (Wildman–Crippen MR) is 128 cm³/mol. The molecule has 180 valence electrons. The van der Waals surface area contributed by atoms with Crippen LogP contribution in [0, 0.1) is 12.7 Å². The molecule has 2 aliphatic rings. The number of rotatable bonds is 5. The Kier molecular flexibility index (Phi) is 5.89. The summed E-state index contributed by atoms with van der Waals surface area (Å²) in [6.07, 6.45) is 6.19. The second-order valence-electron chi connectivity index (χ2n) is 9.17. The molecule has 10 heteroatoms. The van der Waals surface area contributed by atoms with Gasteiger partial charge in [-0.15, -0.1) is 10.2 Å². The maximum absolute atomic E-state index is 13.5. The molecule has 0 atom stereocenters. The Hall–Kier alpha value is -2.85. The average molecular weight is 485 g/mol. The minimum Gasteiger partial charge on any atom is -0.355 e. The molecule has 0 bridgehead atoms. The van der Waals surface area contributed by atoms with Crippen molar-refractivity contribution < 1.29 is 12.8 Å². The standard InChI is InChI=1S/C24H29FN6O2S/c1-16-15-17(25)7-8-22(16)34(32,33)30(3)18-10-13-31(14-11-18)24-20-6-4-5-19(20)23(27-28-24)21-9-12-26-29(21)2/h7-9,12,15,18H,4-6,10-11,13-14H2,1-3H3. The van der Waals surface area contributed by atoms with Crippen molar-refractivity contribution in [3.63, 3.8) is 0 Å². The van der Waals surface area contributed by atoms with Crippen molar-refractivity contribution in [2.45, 2.75) is 50.0 Å². The van der Waals surface area contributed by atoms with Crippen molar-refractivity contribution in [3.05, 3.63) is 53.0 Å². The van der Waals surface area contributed by atoms with Crippen LogP contribution in [0.1, 0.15) is 36.0 Å². The number of sulfonamides is 1. The van der Waals surface area contributed by atoms with Gasteiger partial charge >= 0.3 is 0 Å². The number of aromatic nitrogens is 4. The summed E-state index contributed by atoms with van der Waals surface area (Å²) in [4.78, 5) is 2.40. The number of nitrogens with zero attached hydrogens (tertiary/aromatic N) is 6. The summed E-state index contributed by atoms with van der Waals surface area (Å²) in [7, 11) is -0.165. The van der Waals surface area contributed by atoms with E-state index in [2.05, 4.69) is 20.2 Å². The van der Waals surface area contributed by atoms with Gasteiger partial charge in [0.25, 0.3) is 0 Å². The van der Waals surface area contributed by atoms with Gasteiger partial charge in [-0.05, 0) is 74.4 Å². The Labute approximate surface area is 199 Å². The first-order valence-corrected chi connectivity index (χ1v) is 13.1. The van der Waals surface area contributed by atoms with Gasteiger partial charge in [0.1, 0.15) is 11.5 Å². The van der Waals surface area contributed by atoms with Crippen LogP contribution in [0.4, 0.5) is 10.2 Å². The Morgan fingerprint density at radius 1 is 1.09 bits per heavy atom. The highest BCUT2D eigenvalue weighted by Gasteiger charge is 2.34. The highest BCUT2D eigenvalue weighted by Crippen LogP contribution is 2.36. The number of halogens is 1. The second-order valence-corrected chi connectivity index (χ2v) is 11.1. The molecule has 5 rings (SSSR count).